The summed E-state index contributed by atoms with van der Waals surface area (Å²) < 4.78 is 10.8. The van der Waals surface area contributed by atoms with Gasteiger partial charge in [0.2, 0.25) is 11.7 Å². The van der Waals surface area contributed by atoms with Gasteiger partial charge in [0, 0.05) is 25.3 Å². The maximum atomic E-state index is 5.57. The number of ether oxygens (including phenoxy) is 1. The number of nitrogens with zero attached hydrogens (tertiary/aromatic N) is 2. The molecule has 0 saturated carbocycles. The average molecular weight is 289 g/mol. The van der Waals surface area contributed by atoms with Crippen LogP contribution in [-0.2, 0) is 11.2 Å². The summed E-state index contributed by atoms with van der Waals surface area (Å²) in [6.45, 7) is 7.50. The van der Waals surface area contributed by atoms with Gasteiger partial charge in [-0.15, -0.1) is 0 Å². The van der Waals surface area contributed by atoms with Crippen LogP contribution >= 0.6 is 0 Å². The molecule has 0 spiro atoms. The minimum atomic E-state index is -0.0717. The SMILES string of the molecule is CCOC(CC)c1noc(CCNc2ccc(C)cc2)n1. The number of hydrogen-bond acceptors (Lipinski definition) is 5. The fraction of sp³-hybridized carbons (Fsp3) is 0.500. The average Bonchev–Trinajstić information content (AvgIpc) is 2.95. The largest absolute Gasteiger partial charge is 0.385 e. The number of rotatable bonds is 8. The Kier molecular flexibility index (Phi) is 5.75. The second-order valence-electron chi connectivity index (χ2n) is 4.94. The minimum Gasteiger partial charge on any atom is -0.385 e. The maximum Gasteiger partial charge on any atom is 0.228 e. The molecule has 0 radical (unpaired) electrons. The van der Waals surface area contributed by atoms with Crippen molar-refractivity contribution in [1.29, 1.82) is 0 Å². The van der Waals surface area contributed by atoms with Crippen LogP contribution in [0, 0.1) is 6.92 Å². The lowest BCUT2D eigenvalue weighted by Gasteiger charge is -2.09. The van der Waals surface area contributed by atoms with Gasteiger partial charge in [-0.05, 0) is 32.4 Å². The molecule has 2 aromatic rings. The molecule has 0 aliphatic rings. The summed E-state index contributed by atoms with van der Waals surface area (Å²) >= 11 is 0. The Morgan fingerprint density at radius 2 is 2.00 bits per heavy atom. The molecule has 0 bridgehead atoms. The first-order chi connectivity index (χ1) is 10.2. The molecule has 1 atom stereocenters. The molecular formula is C16H23N3O2. The first kappa shape index (κ1) is 15.5. The van der Waals surface area contributed by atoms with Crippen molar-refractivity contribution in [3.63, 3.8) is 0 Å². The highest BCUT2D eigenvalue weighted by atomic mass is 16.5. The van der Waals surface area contributed by atoms with Gasteiger partial charge in [0.15, 0.2) is 0 Å². The van der Waals surface area contributed by atoms with E-state index in [9.17, 15) is 0 Å². The first-order valence-electron chi connectivity index (χ1n) is 7.47. The predicted molar refractivity (Wildman–Crippen MR) is 82.3 cm³/mol. The third kappa shape index (κ3) is 4.56. The Labute approximate surface area is 125 Å². The van der Waals surface area contributed by atoms with E-state index in [1.165, 1.54) is 5.56 Å². The van der Waals surface area contributed by atoms with Crippen LogP contribution in [0.1, 0.15) is 43.7 Å². The number of aryl methyl sites for hydroxylation is 1. The normalized spacial score (nSPS) is 12.3. The van der Waals surface area contributed by atoms with E-state index < -0.39 is 0 Å². The van der Waals surface area contributed by atoms with Crippen LogP contribution in [-0.4, -0.2) is 23.3 Å². The Balaban J connectivity index is 1.83. The first-order valence-corrected chi connectivity index (χ1v) is 7.47. The van der Waals surface area contributed by atoms with Gasteiger partial charge in [-0.1, -0.05) is 29.8 Å². The fourth-order valence-corrected chi connectivity index (χ4v) is 2.06. The van der Waals surface area contributed by atoms with Crippen molar-refractivity contribution in [2.75, 3.05) is 18.5 Å². The summed E-state index contributed by atoms with van der Waals surface area (Å²) in [6.07, 6.45) is 1.47. The predicted octanol–water partition coefficient (Wildman–Crippen LogP) is 3.52. The monoisotopic (exact) mass is 289 g/mol. The van der Waals surface area contributed by atoms with E-state index in [0.29, 0.717) is 24.7 Å². The van der Waals surface area contributed by atoms with E-state index in [0.717, 1.165) is 18.7 Å². The molecule has 1 aromatic heterocycles. The molecule has 1 heterocycles. The standard InChI is InChI=1S/C16H23N3O2/c1-4-14(20-5-2)16-18-15(21-19-16)10-11-17-13-8-6-12(3)7-9-13/h6-9,14,17H,4-5,10-11H2,1-3H3. The third-order valence-electron chi connectivity index (χ3n) is 3.23. The summed E-state index contributed by atoms with van der Waals surface area (Å²) in [5, 5.41) is 7.34. The van der Waals surface area contributed by atoms with Gasteiger partial charge >= 0.3 is 0 Å². The van der Waals surface area contributed by atoms with E-state index in [-0.39, 0.29) is 6.10 Å². The second kappa shape index (κ2) is 7.78. The minimum absolute atomic E-state index is 0.0717. The van der Waals surface area contributed by atoms with Gasteiger partial charge in [-0.2, -0.15) is 4.98 Å². The highest BCUT2D eigenvalue weighted by molar-refractivity contribution is 5.44. The Morgan fingerprint density at radius 1 is 1.24 bits per heavy atom. The van der Waals surface area contributed by atoms with Crippen molar-refractivity contribution < 1.29 is 9.26 Å². The van der Waals surface area contributed by atoms with Crippen LogP contribution in [0.5, 0.6) is 0 Å². The molecule has 0 fully saturated rings. The molecule has 5 nitrogen and oxygen atoms in total. The lowest BCUT2D eigenvalue weighted by molar-refractivity contribution is 0.0518. The van der Waals surface area contributed by atoms with Crippen molar-refractivity contribution in [3.8, 4) is 0 Å². The Morgan fingerprint density at radius 3 is 2.67 bits per heavy atom. The van der Waals surface area contributed by atoms with Crippen LogP contribution in [0.15, 0.2) is 28.8 Å². The van der Waals surface area contributed by atoms with Crippen LogP contribution in [0.4, 0.5) is 5.69 Å². The van der Waals surface area contributed by atoms with Crippen molar-refractivity contribution in [2.45, 2.75) is 39.7 Å². The summed E-state index contributed by atoms with van der Waals surface area (Å²) in [7, 11) is 0. The van der Waals surface area contributed by atoms with Gasteiger partial charge in [0.25, 0.3) is 0 Å². The third-order valence-corrected chi connectivity index (χ3v) is 3.23. The second-order valence-corrected chi connectivity index (χ2v) is 4.94. The fourth-order valence-electron chi connectivity index (χ4n) is 2.06. The van der Waals surface area contributed by atoms with E-state index >= 15 is 0 Å². The molecule has 114 valence electrons. The number of nitrogens with one attached hydrogen (secondary N) is 1. The zero-order valence-corrected chi connectivity index (χ0v) is 12.9. The molecule has 0 amide bonds. The highest BCUT2D eigenvalue weighted by Gasteiger charge is 2.16. The summed E-state index contributed by atoms with van der Waals surface area (Å²) in [5.74, 6) is 1.28. The lowest BCUT2D eigenvalue weighted by Crippen LogP contribution is -2.07. The van der Waals surface area contributed by atoms with Gasteiger partial charge in [-0.25, -0.2) is 0 Å². The molecule has 0 aliphatic heterocycles. The van der Waals surface area contributed by atoms with E-state index in [1.807, 2.05) is 6.92 Å². The van der Waals surface area contributed by atoms with Gasteiger partial charge in [0.1, 0.15) is 6.10 Å². The van der Waals surface area contributed by atoms with Crippen molar-refractivity contribution in [2.24, 2.45) is 0 Å². The van der Waals surface area contributed by atoms with Crippen molar-refractivity contribution in [3.05, 3.63) is 41.5 Å². The molecule has 1 aromatic carbocycles. The number of anilines is 1. The van der Waals surface area contributed by atoms with Gasteiger partial charge in [0.05, 0.1) is 0 Å². The van der Waals surface area contributed by atoms with E-state index in [4.69, 9.17) is 9.26 Å². The number of benzene rings is 1. The molecule has 2 rings (SSSR count). The summed E-state index contributed by atoms with van der Waals surface area (Å²) in [6, 6.07) is 8.30. The Bertz CT molecular complexity index is 537. The lowest BCUT2D eigenvalue weighted by atomic mass is 10.2. The zero-order chi connectivity index (χ0) is 15.1. The van der Waals surface area contributed by atoms with Crippen LogP contribution < -0.4 is 5.32 Å². The molecular weight excluding hydrogens is 266 g/mol. The van der Waals surface area contributed by atoms with Crippen LogP contribution in [0.3, 0.4) is 0 Å². The molecule has 21 heavy (non-hydrogen) atoms. The van der Waals surface area contributed by atoms with Crippen molar-refractivity contribution in [1.82, 2.24) is 10.1 Å². The number of hydrogen-bond donors (Lipinski definition) is 1. The van der Waals surface area contributed by atoms with Gasteiger partial charge in [-0.3, -0.25) is 0 Å². The summed E-state index contributed by atoms with van der Waals surface area (Å²) in [5.41, 5.74) is 2.35. The quantitative estimate of drug-likeness (QED) is 0.805. The van der Waals surface area contributed by atoms with E-state index in [1.54, 1.807) is 0 Å². The van der Waals surface area contributed by atoms with E-state index in [2.05, 4.69) is 53.6 Å². The summed E-state index contributed by atoms with van der Waals surface area (Å²) in [4.78, 5) is 4.40. The number of aromatic nitrogens is 2. The highest BCUT2D eigenvalue weighted by Crippen LogP contribution is 2.17. The zero-order valence-electron chi connectivity index (χ0n) is 12.9. The van der Waals surface area contributed by atoms with Gasteiger partial charge < -0.3 is 14.6 Å². The smallest absolute Gasteiger partial charge is 0.228 e. The molecule has 1 unspecified atom stereocenters. The molecule has 5 heteroatoms. The topological polar surface area (TPSA) is 60.2 Å². The van der Waals surface area contributed by atoms with Crippen LogP contribution in [0.25, 0.3) is 0 Å². The molecule has 0 aliphatic carbocycles. The molecule has 1 N–H and O–H groups in total. The Hall–Kier alpha value is -1.88. The molecule has 0 saturated heterocycles. The maximum absolute atomic E-state index is 5.57. The van der Waals surface area contributed by atoms with Crippen molar-refractivity contribution >= 4 is 5.69 Å². The van der Waals surface area contributed by atoms with Crippen LogP contribution in [0.2, 0.25) is 0 Å².